The highest BCUT2D eigenvalue weighted by Gasteiger charge is 2.71. The van der Waals surface area contributed by atoms with Crippen LogP contribution in [0.25, 0.3) is 0 Å². The van der Waals surface area contributed by atoms with Gasteiger partial charge >= 0.3 is 5.63 Å². The van der Waals surface area contributed by atoms with Crippen LogP contribution in [-0.2, 0) is 19.8 Å². The number of methoxy groups -OCH3 is 1. The topological polar surface area (TPSA) is 73.7 Å². The van der Waals surface area contributed by atoms with Crippen LogP contribution < -0.4 is 10.4 Å². The maximum absolute atomic E-state index is 12.3. The van der Waals surface area contributed by atoms with Crippen molar-refractivity contribution in [1.29, 1.82) is 0 Å². The molecule has 6 heteroatoms. The standard InChI is InChI=1S/C24H32O6/c1-12(11-22(6)21-23(7,30-21)16(5)28-22)10-13(2)18-24(8,29-18)19-14(3)17(26-9)15(4)20(25)27-19/h10-11,16,18,21H,1-9H3/b12-11+,13-10-/t16-,18-,21?,22+,23-,24-/m0/s1. The van der Waals surface area contributed by atoms with Gasteiger partial charge in [0, 0.05) is 5.56 Å². The molecule has 164 valence electrons. The van der Waals surface area contributed by atoms with E-state index in [0.717, 1.165) is 16.7 Å². The number of hydrogen-bond acceptors (Lipinski definition) is 6. The molecule has 0 spiro atoms. The van der Waals surface area contributed by atoms with Gasteiger partial charge in [0.05, 0.1) is 18.8 Å². The highest BCUT2D eigenvalue weighted by Crippen LogP contribution is 2.56. The third-order valence-electron chi connectivity index (χ3n) is 6.96. The van der Waals surface area contributed by atoms with Gasteiger partial charge < -0.3 is 23.4 Å². The Morgan fingerprint density at radius 1 is 1.07 bits per heavy atom. The first-order valence-corrected chi connectivity index (χ1v) is 10.5. The Balaban J connectivity index is 1.58. The van der Waals surface area contributed by atoms with Crippen molar-refractivity contribution in [2.45, 2.75) is 90.5 Å². The van der Waals surface area contributed by atoms with Gasteiger partial charge in [-0.15, -0.1) is 0 Å². The zero-order valence-corrected chi connectivity index (χ0v) is 19.3. The summed E-state index contributed by atoms with van der Waals surface area (Å²) in [5.74, 6) is 1.08. The van der Waals surface area contributed by atoms with Crippen LogP contribution in [0.1, 0.15) is 58.4 Å². The van der Waals surface area contributed by atoms with Crippen molar-refractivity contribution in [1.82, 2.24) is 0 Å². The molecular weight excluding hydrogens is 384 g/mol. The molecule has 3 fully saturated rings. The molecule has 4 rings (SSSR count). The second-order valence-electron chi connectivity index (χ2n) is 9.51. The summed E-state index contributed by atoms with van der Waals surface area (Å²) < 4.78 is 29.2. The lowest BCUT2D eigenvalue weighted by molar-refractivity contribution is -0.0719. The van der Waals surface area contributed by atoms with Gasteiger partial charge in [-0.2, -0.15) is 0 Å². The van der Waals surface area contributed by atoms with Crippen LogP contribution in [-0.4, -0.2) is 36.6 Å². The predicted molar refractivity (Wildman–Crippen MR) is 113 cm³/mol. The molecule has 30 heavy (non-hydrogen) atoms. The molecule has 3 aliphatic heterocycles. The highest BCUT2D eigenvalue weighted by molar-refractivity contribution is 5.45. The fraction of sp³-hybridized carbons (Fsp3) is 0.625. The first-order valence-electron chi connectivity index (χ1n) is 10.5. The van der Waals surface area contributed by atoms with Crippen LogP contribution >= 0.6 is 0 Å². The molecule has 0 aromatic carbocycles. The number of ether oxygens (including phenoxy) is 4. The van der Waals surface area contributed by atoms with E-state index in [-0.39, 0.29) is 23.9 Å². The maximum Gasteiger partial charge on any atom is 0.342 e. The Morgan fingerprint density at radius 2 is 1.73 bits per heavy atom. The van der Waals surface area contributed by atoms with Crippen LogP contribution in [0.4, 0.5) is 0 Å². The zero-order chi connectivity index (χ0) is 22.2. The van der Waals surface area contributed by atoms with Crippen LogP contribution in [0.15, 0.2) is 32.5 Å². The monoisotopic (exact) mass is 416 g/mol. The SMILES string of the molecule is COc1c(C)c([C@@]2(C)O[C@H]2/C(C)=C\C(C)=C\[C@@]2(C)O[C@@H](C)[C@]3(C)OC23)oc(=O)c1C. The van der Waals surface area contributed by atoms with Gasteiger partial charge in [0.15, 0.2) is 5.60 Å². The van der Waals surface area contributed by atoms with E-state index in [1.54, 1.807) is 14.0 Å². The van der Waals surface area contributed by atoms with Crippen molar-refractivity contribution >= 4 is 0 Å². The maximum atomic E-state index is 12.3. The smallest absolute Gasteiger partial charge is 0.342 e. The number of rotatable bonds is 5. The minimum atomic E-state index is -0.689. The third kappa shape index (κ3) is 3.00. The van der Waals surface area contributed by atoms with Crippen molar-refractivity contribution in [2.75, 3.05) is 7.11 Å². The first kappa shape index (κ1) is 21.3. The van der Waals surface area contributed by atoms with Crippen molar-refractivity contribution in [2.24, 2.45) is 0 Å². The first-order chi connectivity index (χ1) is 13.9. The van der Waals surface area contributed by atoms with E-state index in [0.29, 0.717) is 17.1 Å². The summed E-state index contributed by atoms with van der Waals surface area (Å²) in [5, 5.41) is 0. The molecule has 0 bridgehead atoms. The molecule has 0 amide bonds. The Labute approximate surface area is 177 Å². The van der Waals surface area contributed by atoms with Gasteiger partial charge in [-0.3, -0.25) is 0 Å². The van der Waals surface area contributed by atoms with Gasteiger partial charge in [0.2, 0.25) is 0 Å². The lowest BCUT2D eigenvalue weighted by Crippen LogP contribution is -2.30. The lowest BCUT2D eigenvalue weighted by atomic mass is 9.91. The summed E-state index contributed by atoms with van der Waals surface area (Å²) in [6, 6.07) is 0. The van der Waals surface area contributed by atoms with E-state index < -0.39 is 16.8 Å². The minimum absolute atomic E-state index is 0.0686. The zero-order valence-electron chi connectivity index (χ0n) is 19.3. The van der Waals surface area contributed by atoms with E-state index in [2.05, 4.69) is 39.8 Å². The summed E-state index contributed by atoms with van der Waals surface area (Å²) in [5.41, 5.74) is 1.71. The Morgan fingerprint density at radius 3 is 2.27 bits per heavy atom. The number of fused-ring (bicyclic) bond motifs is 1. The molecule has 1 aromatic heterocycles. The average molecular weight is 417 g/mol. The number of epoxide rings is 2. The van der Waals surface area contributed by atoms with Gasteiger partial charge in [-0.05, 0) is 67.0 Å². The summed E-state index contributed by atoms with van der Waals surface area (Å²) in [6.45, 7) is 15.9. The van der Waals surface area contributed by atoms with E-state index in [4.69, 9.17) is 23.4 Å². The van der Waals surface area contributed by atoms with Crippen molar-refractivity contribution in [3.05, 3.63) is 50.6 Å². The molecule has 3 aliphatic rings. The molecule has 1 unspecified atom stereocenters. The second-order valence-corrected chi connectivity index (χ2v) is 9.51. The highest BCUT2D eigenvalue weighted by atomic mass is 16.7. The number of hydrogen-bond donors (Lipinski definition) is 0. The summed E-state index contributed by atoms with van der Waals surface area (Å²) in [4.78, 5) is 12.3. The van der Waals surface area contributed by atoms with Crippen LogP contribution in [0.5, 0.6) is 5.75 Å². The largest absolute Gasteiger partial charge is 0.496 e. The quantitative estimate of drug-likeness (QED) is 0.531. The second kappa shape index (κ2) is 6.55. The van der Waals surface area contributed by atoms with E-state index in [9.17, 15) is 4.79 Å². The van der Waals surface area contributed by atoms with Crippen LogP contribution in [0.3, 0.4) is 0 Å². The summed E-state index contributed by atoms with van der Waals surface area (Å²) in [7, 11) is 1.56. The average Bonchev–Trinajstić information content (AvgIpc) is 3.52. The van der Waals surface area contributed by atoms with E-state index in [1.165, 1.54) is 0 Å². The van der Waals surface area contributed by atoms with E-state index in [1.807, 2.05) is 20.8 Å². The minimum Gasteiger partial charge on any atom is -0.496 e. The fourth-order valence-corrected chi connectivity index (χ4v) is 5.23. The normalized spacial score (nSPS) is 40.4. The summed E-state index contributed by atoms with van der Waals surface area (Å²) in [6.07, 6.45) is 4.22. The molecule has 0 N–H and O–H groups in total. The molecule has 3 saturated heterocycles. The lowest BCUT2D eigenvalue weighted by Gasteiger charge is -2.24. The molecule has 6 atom stereocenters. The molecule has 1 aromatic rings. The number of allylic oxidation sites excluding steroid dienone is 2. The molecule has 0 aliphatic carbocycles. The summed E-state index contributed by atoms with van der Waals surface area (Å²) >= 11 is 0. The van der Waals surface area contributed by atoms with Crippen molar-refractivity contribution < 1.29 is 23.4 Å². The van der Waals surface area contributed by atoms with Gasteiger partial charge in [-0.1, -0.05) is 11.6 Å². The fourth-order valence-electron chi connectivity index (χ4n) is 5.23. The van der Waals surface area contributed by atoms with Gasteiger partial charge in [0.25, 0.3) is 0 Å². The Bertz CT molecular complexity index is 1020. The molecular formula is C24H32O6. The molecule has 0 radical (unpaired) electrons. The molecule has 4 heterocycles. The van der Waals surface area contributed by atoms with E-state index >= 15 is 0 Å². The molecule has 6 nitrogen and oxygen atoms in total. The van der Waals surface area contributed by atoms with Gasteiger partial charge in [-0.25, -0.2) is 4.79 Å². The Kier molecular flexibility index (Phi) is 4.66. The van der Waals surface area contributed by atoms with Crippen molar-refractivity contribution in [3.8, 4) is 5.75 Å². The Hall–Kier alpha value is -1.89. The third-order valence-corrected chi connectivity index (χ3v) is 6.96. The van der Waals surface area contributed by atoms with Crippen LogP contribution in [0.2, 0.25) is 0 Å². The van der Waals surface area contributed by atoms with Gasteiger partial charge in [0.1, 0.15) is 34.9 Å². The van der Waals surface area contributed by atoms with Crippen molar-refractivity contribution in [3.63, 3.8) is 0 Å². The predicted octanol–water partition coefficient (Wildman–Crippen LogP) is 4.11. The molecule has 0 saturated carbocycles. The van der Waals surface area contributed by atoms with Crippen LogP contribution in [0, 0.1) is 13.8 Å².